The van der Waals surface area contributed by atoms with Gasteiger partial charge in [-0.15, -0.1) is 0 Å². The summed E-state index contributed by atoms with van der Waals surface area (Å²) >= 11 is 0. The SMILES string of the molecule is Cc1cc(C(=O)N2CC[C@](O)(CN3CCOCC3)C(C)(C)C2)nc(C)n1. The predicted molar refractivity (Wildman–Crippen MR) is 98.0 cm³/mol. The fraction of sp³-hybridized carbons (Fsp3) is 0.737. The van der Waals surface area contributed by atoms with Gasteiger partial charge in [-0.1, -0.05) is 13.8 Å². The third-order valence-electron chi connectivity index (χ3n) is 5.70. The van der Waals surface area contributed by atoms with Gasteiger partial charge in [0, 0.05) is 43.8 Å². The average molecular weight is 362 g/mol. The zero-order chi connectivity index (χ0) is 18.9. The predicted octanol–water partition coefficient (Wildman–Crippen LogP) is 1.03. The van der Waals surface area contributed by atoms with Crippen LogP contribution in [0.1, 0.15) is 42.3 Å². The van der Waals surface area contributed by atoms with Crippen LogP contribution >= 0.6 is 0 Å². The minimum Gasteiger partial charge on any atom is -0.388 e. The first-order chi connectivity index (χ1) is 12.2. The maximum absolute atomic E-state index is 12.9. The van der Waals surface area contributed by atoms with Crippen molar-refractivity contribution in [3.05, 3.63) is 23.3 Å². The largest absolute Gasteiger partial charge is 0.388 e. The van der Waals surface area contributed by atoms with E-state index in [0.29, 0.717) is 50.8 Å². The van der Waals surface area contributed by atoms with E-state index in [1.165, 1.54) is 0 Å². The Morgan fingerprint density at radius 3 is 2.54 bits per heavy atom. The topological polar surface area (TPSA) is 78.8 Å². The third kappa shape index (κ3) is 3.89. The van der Waals surface area contributed by atoms with Crippen LogP contribution in [0.15, 0.2) is 6.07 Å². The minimum absolute atomic E-state index is 0.0832. The molecule has 0 saturated carbocycles. The number of nitrogens with zero attached hydrogens (tertiary/aromatic N) is 4. The summed E-state index contributed by atoms with van der Waals surface area (Å²) in [6.07, 6.45) is 0.562. The first-order valence-corrected chi connectivity index (χ1v) is 9.34. The number of β-amino-alcohol motifs (C(OH)–C–C–N with tert-alkyl or cyclic N) is 1. The first kappa shape index (κ1) is 19.2. The zero-order valence-corrected chi connectivity index (χ0v) is 16.3. The molecule has 0 aromatic carbocycles. The summed E-state index contributed by atoms with van der Waals surface area (Å²) < 4.78 is 5.40. The molecular formula is C19H30N4O3. The second-order valence-electron chi connectivity index (χ2n) is 8.22. The van der Waals surface area contributed by atoms with Crippen molar-refractivity contribution < 1.29 is 14.6 Å². The van der Waals surface area contributed by atoms with E-state index in [2.05, 4.69) is 14.9 Å². The van der Waals surface area contributed by atoms with E-state index in [0.717, 1.165) is 18.8 Å². The third-order valence-corrected chi connectivity index (χ3v) is 5.70. The second kappa shape index (κ2) is 7.21. The van der Waals surface area contributed by atoms with Crippen molar-refractivity contribution >= 4 is 5.91 Å². The molecule has 0 bridgehead atoms. The monoisotopic (exact) mass is 362 g/mol. The maximum atomic E-state index is 12.9. The standard InChI is InChI=1S/C19H30N4O3/c1-14-11-16(21-15(2)20-14)17(24)23-6-5-19(25,18(3,4)12-23)13-22-7-9-26-10-8-22/h11,25H,5-10,12-13H2,1-4H3/t19-/m0/s1. The molecule has 2 aliphatic rings. The van der Waals surface area contributed by atoms with Gasteiger partial charge in [-0.05, 0) is 26.3 Å². The maximum Gasteiger partial charge on any atom is 0.272 e. The molecule has 2 fully saturated rings. The number of amides is 1. The molecule has 3 heterocycles. The Bertz CT molecular complexity index is 652. The smallest absolute Gasteiger partial charge is 0.272 e. The summed E-state index contributed by atoms with van der Waals surface area (Å²) in [5, 5.41) is 11.4. The van der Waals surface area contributed by atoms with Crippen molar-refractivity contribution in [2.45, 2.75) is 39.7 Å². The van der Waals surface area contributed by atoms with E-state index < -0.39 is 11.0 Å². The van der Waals surface area contributed by atoms with Crippen LogP contribution in [0.3, 0.4) is 0 Å². The van der Waals surface area contributed by atoms with E-state index in [4.69, 9.17) is 4.74 Å². The molecule has 1 atom stereocenters. The molecule has 7 heteroatoms. The number of hydrogen-bond donors (Lipinski definition) is 1. The van der Waals surface area contributed by atoms with Crippen LogP contribution in [-0.4, -0.2) is 82.3 Å². The van der Waals surface area contributed by atoms with Gasteiger partial charge in [-0.2, -0.15) is 0 Å². The molecule has 2 saturated heterocycles. The highest BCUT2D eigenvalue weighted by molar-refractivity contribution is 5.92. The number of aliphatic hydroxyl groups is 1. The number of likely N-dealkylation sites (tertiary alicyclic amines) is 1. The fourth-order valence-electron chi connectivity index (χ4n) is 3.95. The van der Waals surface area contributed by atoms with Gasteiger partial charge >= 0.3 is 0 Å². The van der Waals surface area contributed by atoms with Crippen molar-refractivity contribution in [3.8, 4) is 0 Å². The molecule has 26 heavy (non-hydrogen) atoms. The van der Waals surface area contributed by atoms with E-state index in [1.54, 1.807) is 13.0 Å². The van der Waals surface area contributed by atoms with E-state index in [-0.39, 0.29) is 5.91 Å². The van der Waals surface area contributed by atoms with Gasteiger partial charge in [0.15, 0.2) is 0 Å². The molecule has 0 radical (unpaired) electrons. The number of morpholine rings is 1. The molecule has 0 unspecified atom stereocenters. The highest BCUT2D eigenvalue weighted by atomic mass is 16.5. The highest BCUT2D eigenvalue weighted by Gasteiger charge is 2.49. The number of carbonyl (C=O) groups excluding carboxylic acids is 1. The Morgan fingerprint density at radius 2 is 1.92 bits per heavy atom. The number of ether oxygens (including phenoxy) is 1. The normalized spacial score (nSPS) is 26.7. The van der Waals surface area contributed by atoms with Gasteiger partial charge in [0.05, 0.1) is 18.8 Å². The summed E-state index contributed by atoms with van der Waals surface area (Å²) in [6.45, 7) is 12.5. The number of carbonyl (C=O) groups is 1. The lowest BCUT2D eigenvalue weighted by atomic mass is 9.69. The Balaban J connectivity index is 1.72. The highest BCUT2D eigenvalue weighted by Crippen LogP contribution is 2.39. The van der Waals surface area contributed by atoms with Gasteiger partial charge in [0.2, 0.25) is 0 Å². The molecule has 0 spiro atoms. The summed E-state index contributed by atoms with van der Waals surface area (Å²) in [6, 6.07) is 1.73. The van der Waals surface area contributed by atoms with Crippen molar-refractivity contribution in [3.63, 3.8) is 0 Å². The molecule has 1 aromatic rings. The van der Waals surface area contributed by atoms with E-state index in [1.807, 2.05) is 25.7 Å². The van der Waals surface area contributed by atoms with Crippen LogP contribution in [0.5, 0.6) is 0 Å². The van der Waals surface area contributed by atoms with Crippen molar-refractivity contribution in [2.75, 3.05) is 45.9 Å². The summed E-state index contributed by atoms with van der Waals surface area (Å²) in [4.78, 5) is 25.5. The Kier molecular flexibility index (Phi) is 5.33. The number of aryl methyl sites for hydroxylation is 2. The minimum atomic E-state index is -0.821. The average Bonchev–Trinajstić information content (AvgIpc) is 2.57. The number of rotatable bonds is 3. The van der Waals surface area contributed by atoms with Crippen molar-refractivity contribution in [1.82, 2.24) is 19.8 Å². The van der Waals surface area contributed by atoms with Gasteiger partial charge in [-0.25, -0.2) is 9.97 Å². The lowest BCUT2D eigenvalue weighted by molar-refractivity contribution is -0.133. The molecule has 3 rings (SSSR count). The van der Waals surface area contributed by atoms with E-state index >= 15 is 0 Å². The van der Waals surface area contributed by atoms with Crippen LogP contribution in [0.4, 0.5) is 0 Å². The van der Waals surface area contributed by atoms with E-state index in [9.17, 15) is 9.90 Å². The number of hydrogen-bond acceptors (Lipinski definition) is 6. The Labute approximate surface area is 155 Å². The quantitative estimate of drug-likeness (QED) is 0.865. The van der Waals surface area contributed by atoms with Crippen LogP contribution in [0, 0.1) is 19.3 Å². The van der Waals surface area contributed by atoms with Gasteiger partial charge < -0.3 is 14.7 Å². The number of aromatic nitrogens is 2. The van der Waals surface area contributed by atoms with Gasteiger partial charge in [-0.3, -0.25) is 9.69 Å². The van der Waals surface area contributed by atoms with Crippen molar-refractivity contribution in [2.24, 2.45) is 5.41 Å². The van der Waals surface area contributed by atoms with Crippen LogP contribution < -0.4 is 0 Å². The molecule has 2 aliphatic heterocycles. The molecule has 144 valence electrons. The molecule has 0 aliphatic carbocycles. The molecule has 1 N–H and O–H groups in total. The zero-order valence-electron chi connectivity index (χ0n) is 16.3. The summed E-state index contributed by atoms with van der Waals surface area (Å²) in [5.74, 6) is 0.522. The molecular weight excluding hydrogens is 332 g/mol. The Hall–Kier alpha value is -1.57. The summed E-state index contributed by atoms with van der Waals surface area (Å²) in [5.41, 5.74) is -0.0000367. The van der Waals surface area contributed by atoms with Gasteiger partial charge in [0.25, 0.3) is 5.91 Å². The van der Waals surface area contributed by atoms with Crippen LogP contribution in [0.25, 0.3) is 0 Å². The number of piperidine rings is 1. The lowest BCUT2D eigenvalue weighted by Gasteiger charge is -2.52. The van der Waals surface area contributed by atoms with Crippen LogP contribution in [0.2, 0.25) is 0 Å². The molecule has 7 nitrogen and oxygen atoms in total. The Morgan fingerprint density at radius 1 is 1.23 bits per heavy atom. The molecule has 1 aromatic heterocycles. The summed E-state index contributed by atoms with van der Waals surface area (Å²) in [7, 11) is 0. The van der Waals surface area contributed by atoms with Gasteiger partial charge in [0.1, 0.15) is 11.5 Å². The second-order valence-corrected chi connectivity index (χ2v) is 8.22. The fourth-order valence-corrected chi connectivity index (χ4v) is 3.95. The lowest BCUT2D eigenvalue weighted by Crippen LogP contribution is -2.63. The first-order valence-electron chi connectivity index (χ1n) is 9.34. The molecule has 1 amide bonds. The van der Waals surface area contributed by atoms with Crippen molar-refractivity contribution in [1.29, 1.82) is 0 Å². The van der Waals surface area contributed by atoms with Crippen LogP contribution in [-0.2, 0) is 4.74 Å².